The fourth-order valence-corrected chi connectivity index (χ4v) is 5.19. The van der Waals surface area contributed by atoms with Crippen LogP contribution >= 0.6 is 23.1 Å². The third-order valence-corrected chi connectivity index (χ3v) is 6.88. The number of fused-ring (bicyclic) bond motifs is 1. The van der Waals surface area contributed by atoms with Gasteiger partial charge in [-0.15, -0.1) is 21.5 Å². The number of halogens is 1. The molecule has 0 radical (unpaired) electrons. The summed E-state index contributed by atoms with van der Waals surface area (Å²) in [6.07, 6.45) is 1.55. The lowest BCUT2D eigenvalue weighted by Gasteiger charge is -2.08. The highest BCUT2D eigenvalue weighted by molar-refractivity contribution is 7.99. The summed E-state index contributed by atoms with van der Waals surface area (Å²) in [6, 6.07) is 13.9. The smallest absolute Gasteiger partial charge is 0.247 e. The van der Waals surface area contributed by atoms with E-state index in [0.717, 1.165) is 37.7 Å². The molecule has 3 aromatic heterocycles. The first-order valence-corrected chi connectivity index (χ1v) is 11.5. The van der Waals surface area contributed by atoms with Gasteiger partial charge in [-0.3, -0.25) is 0 Å². The Bertz CT molecular complexity index is 1370. The number of methoxy groups -OCH3 is 1. The van der Waals surface area contributed by atoms with E-state index in [0.29, 0.717) is 11.8 Å². The van der Waals surface area contributed by atoms with Crippen molar-refractivity contribution in [1.82, 2.24) is 20.2 Å². The zero-order valence-electron chi connectivity index (χ0n) is 17.2. The van der Waals surface area contributed by atoms with Crippen molar-refractivity contribution in [2.75, 3.05) is 7.11 Å². The average molecular weight is 465 g/mol. The molecule has 0 N–H and O–H groups in total. The second kappa shape index (κ2) is 8.68. The monoisotopic (exact) mass is 464 g/mol. The van der Waals surface area contributed by atoms with Crippen LogP contribution in [0.2, 0.25) is 0 Å². The quantitative estimate of drug-likeness (QED) is 0.212. The lowest BCUT2D eigenvalue weighted by atomic mass is 10.1. The highest BCUT2D eigenvalue weighted by atomic mass is 32.2. The van der Waals surface area contributed by atoms with Crippen molar-refractivity contribution in [2.45, 2.75) is 17.2 Å². The van der Waals surface area contributed by atoms with Crippen molar-refractivity contribution in [3.63, 3.8) is 0 Å². The third kappa shape index (κ3) is 3.96. The highest BCUT2D eigenvalue weighted by Gasteiger charge is 2.20. The SMILES string of the molecule is COc1ccc(-c2nnc([C@@H](C)Sc3ncnc4scc(-c5ccc(F)cc5)c34)o2)cc1. The summed E-state index contributed by atoms with van der Waals surface area (Å²) in [6.45, 7) is 1.99. The van der Waals surface area contributed by atoms with Gasteiger partial charge in [0, 0.05) is 16.5 Å². The number of thioether (sulfide) groups is 1. The van der Waals surface area contributed by atoms with E-state index in [-0.39, 0.29) is 11.1 Å². The predicted molar refractivity (Wildman–Crippen MR) is 123 cm³/mol. The molecule has 0 spiro atoms. The van der Waals surface area contributed by atoms with Crippen LogP contribution in [0.3, 0.4) is 0 Å². The summed E-state index contributed by atoms with van der Waals surface area (Å²) >= 11 is 3.06. The Morgan fingerprint density at radius 2 is 1.75 bits per heavy atom. The molecule has 0 fully saturated rings. The average Bonchev–Trinajstić information content (AvgIpc) is 3.48. The lowest BCUT2D eigenvalue weighted by molar-refractivity contribution is 0.415. The molecule has 5 rings (SSSR count). The normalized spacial score (nSPS) is 12.2. The number of nitrogens with zero attached hydrogens (tertiary/aromatic N) is 4. The molecule has 0 saturated heterocycles. The Labute approximate surface area is 191 Å². The second-order valence-corrected chi connectivity index (χ2v) is 9.14. The number of hydrogen-bond acceptors (Lipinski definition) is 8. The number of aromatic nitrogens is 4. The van der Waals surface area contributed by atoms with E-state index in [9.17, 15) is 4.39 Å². The van der Waals surface area contributed by atoms with Crippen molar-refractivity contribution in [2.24, 2.45) is 0 Å². The van der Waals surface area contributed by atoms with Gasteiger partial charge in [-0.25, -0.2) is 14.4 Å². The van der Waals surface area contributed by atoms with E-state index in [2.05, 4.69) is 20.2 Å². The van der Waals surface area contributed by atoms with Crippen LogP contribution in [0.25, 0.3) is 32.8 Å². The van der Waals surface area contributed by atoms with Crippen molar-refractivity contribution >= 4 is 33.3 Å². The van der Waals surface area contributed by atoms with Crippen molar-refractivity contribution in [3.05, 3.63) is 71.9 Å². The molecule has 0 aliphatic rings. The summed E-state index contributed by atoms with van der Waals surface area (Å²) in [4.78, 5) is 9.79. The van der Waals surface area contributed by atoms with Gasteiger partial charge in [-0.05, 0) is 48.9 Å². The number of rotatable bonds is 6. The molecule has 0 aliphatic carbocycles. The molecule has 0 aliphatic heterocycles. The summed E-state index contributed by atoms with van der Waals surface area (Å²) < 4.78 is 24.5. The van der Waals surface area contributed by atoms with Gasteiger partial charge in [0.05, 0.1) is 17.7 Å². The number of thiophene rings is 1. The van der Waals surface area contributed by atoms with Gasteiger partial charge >= 0.3 is 0 Å². The number of ether oxygens (including phenoxy) is 1. The van der Waals surface area contributed by atoms with Crippen LogP contribution in [0.15, 0.2) is 69.7 Å². The molecule has 9 heteroatoms. The van der Waals surface area contributed by atoms with Crippen LogP contribution in [0, 0.1) is 5.82 Å². The first-order valence-electron chi connectivity index (χ1n) is 9.75. The first-order chi connectivity index (χ1) is 15.6. The molecule has 160 valence electrons. The van der Waals surface area contributed by atoms with E-state index in [1.165, 1.54) is 35.2 Å². The van der Waals surface area contributed by atoms with Gasteiger partial charge in [0.25, 0.3) is 0 Å². The minimum atomic E-state index is -0.267. The van der Waals surface area contributed by atoms with Gasteiger partial charge in [-0.1, -0.05) is 23.9 Å². The molecular formula is C23H17FN4O2S2. The maximum atomic E-state index is 13.4. The maximum Gasteiger partial charge on any atom is 0.247 e. The largest absolute Gasteiger partial charge is 0.497 e. The van der Waals surface area contributed by atoms with E-state index in [1.54, 1.807) is 25.6 Å². The molecule has 5 aromatic rings. The molecule has 0 bridgehead atoms. The Kier molecular flexibility index (Phi) is 5.59. The molecule has 6 nitrogen and oxygen atoms in total. The van der Waals surface area contributed by atoms with Crippen molar-refractivity contribution in [1.29, 1.82) is 0 Å². The molecule has 0 amide bonds. The van der Waals surface area contributed by atoms with Crippen LogP contribution in [0.5, 0.6) is 5.75 Å². The Hall–Kier alpha value is -3.30. The lowest BCUT2D eigenvalue weighted by Crippen LogP contribution is -1.92. The highest BCUT2D eigenvalue weighted by Crippen LogP contribution is 2.42. The Balaban J connectivity index is 1.44. The molecule has 32 heavy (non-hydrogen) atoms. The second-order valence-electron chi connectivity index (χ2n) is 6.95. The molecule has 2 aromatic carbocycles. The van der Waals surface area contributed by atoms with Crippen LogP contribution in [0.1, 0.15) is 18.1 Å². The van der Waals surface area contributed by atoms with Crippen molar-refractivity contribution < 1.29 is 13.5 Å². The van der Waals surface area contributed by atoms with Crippen LogP contribution < -0.4 is 4.74 Å². The zero-order chi connectivity index (χ0) is 22.1. The summed E-state index contributed by atoms with van der Waals surface area (Å²) in [5, 5.41) is 12.1. The van der Waals surface area contributed by atoms with Crippen LogP contribution in [0.4, 0.5) is 4.39 Å². The van der Waals surface area contributed by atoms with Gasteiger partial charge < -0.3 is 9.15 Å². The minimum Gasteiger partial charge on any atom is -0.497 e. The zero-order valence-corrected chi connectivity index (χ0v) is 18.8. The van der Waals surface area contributed by atoms with Crippen molar-refractivity contribution in [3.8, 4) is 28.3 Å². The van der Waals surface area contributed by atoms with Gasteiger partial charge in [-0.2, -0.15) is 0 Å². The summed E-state index contributed by atoms with van der Waals surface area (Å²) in [7, 11) is 1.62. The van der Waals surface area contributed by atoms with Crippen LogP contribution in [-0.2, 0) is 0 Å². The number of benzene rings is 2. The first kappa shape index (κ1) is 20.6. The topological polar surface area (TPSA) is 73.9 Å². The van der Waals surface area contributed by atoms with E-state index < -0.39 is 0 Å². The molecule has 0 unspecified atom stereocenters. The minimum absolute atomic E-state index is 0.131. The van der Waals surface area contributed by atoms with Crippen LogP contribution in [-0.4, -0.2) is 27.3 Å². The number of hydrogen-bond donors (Lipinski definition) is 0. The van der Waals surface area contributed by atoms with E-state index in [4.69, 9.17) is 9.15 Å². The predicted octanol–water partition coefficient (Wildman–Crippen LogP) is 6.41. The van der Waals surface area contributed by atoms with Gasteiger partial charge in [0.15, 0.2) is 0 Å². The van der Waals surface area contributed by atoms with Gasteiger partial charge in [0.2, 0.25) is 11.8 Å². The standard InChI is InChI=1S/C23H17FN4O2S2/c1-13(20-27-28-21(30-20)15-5-9-17(29-2)10-6-15)32-23-19-18(11-31-22(19)25-12-26-23)14-3-7-16(24)8-4-14/h3-13H,1-2H3/t13-/m1/s1. The molecule has 0 saturated carbocycles. The fourth-order valence-electron chi connectivity index (χ4n) is 3.25. The fraction of sp³-hybridized carbons (Fsp3) is 0.130. The Morgan fingerprint density at radius 1 is 1.00 bits per heavy atom. The summed E-state index contributed by atoms with van der Waals surface area (Å²) in [5.41, 5.74) is 2.72. The Morgan fingerprint density at radius 3 is 2.50 bits per heavy atom. The van der Waals surface area contributed by atoms with E-state index >= 15 is 0 Å². The third-order valence-electron chi connectivity index (χ3n) is 4.90. The summed E-state index contributed by atoms with van der Waals surface area (Å²) in [5.74, 6) is 1.45. The van der Waals surface area contributed by atoms with Gasteiger partial charge in [0.1, 0.15) is 27.8 Å². The maximum absolute atomic E-state index is 13.4. The van der Waals surface area contributed by atoms with E-state index in [1.807, 2.05) is 36.6 Å². The molecule has 3 heterocycles. The molecule has 1 atom stereocenters. The molecular weight excluding hydrogens is 447 g/mol.